The van der Waals surface area contributed by atoms with Crippen molar-refractivity contribution in [3.8, 4) is 0 Å². The second kappa shape index (κ2) is 12.8. The maximum Gasteiger partial charge on any atom is 0.250 e. The van der Waals surface area contributed by atoms with Crippen molar-refractivity contribution in [2.45, 2.75) is 18.1 Å². The number of aliphatic hydroxyl groups excluding tert-OH is 1. The molecule has 4 rings (SSSR count). The molecule has 0 bridgehead atoms. The molecule has 2 N–H and O–H groups in total. The first-order valence-corrected chi connectivity index (χ1v) is 13.6. The van der Waals surface area contributed by atoms with Crippen molar-refractivity contribution in [3.05, 3.63) is 22.4 Å². The molecular formula is C20H29Cl2N7O5S. The van der Waals surface area contributed by atoms with Gasteiger partial charge in [0.15, 0.2) is 0 Å². The first-order chi connectivity index (χ1) is 16.7. The fourth-order valence-corrected chi connectivity index (χ4v) is 4.13. The number of aliphatic hydroxyl groups is 1. The zero-order valence-corrected chi connectivity index (χ0v) is 21.9. The number of hydrogen-bond acceptors (Lipinski definition) is 12. The lowest BCUT2D eigenvalue weighted by Crippen LogP contribution is -2.37. The summed E-state index contributed by atoms with van der Waals surface area (Å²) in [6.07, 6.45) is 1.06. The van der Waals surface area contributed by atoms with Gasteiger partial charge in [-0.25, -0.2) is 23.4 Å². The zero-order valence-electron chi connectivity index (χ0n) is 19.5. The lowest BCUT2D eigenvalue weighted by molar-refractivity contribution is 0.122. The third-order valence-corrected chi connectivity index (χ3v) is 6.23. The number of morpholine rings is 2. The van der Waals surface area contributed by atoms with Gasteiger partial charge in [0.05, 0.1) is 33.0 Å². The standard InChI is InChI=1S/C11H17ClN4O2.C9H12ClN3O3S/c1-8(7-17)13-11-14-9(12)6-10(15-11)16-2-4-18-5-3-16;1-17(14,15)9-11-7(10)6-8(12-9)13-2-4-16-5-3-13/h6,8,17H,2-5,7H2,1H3,(H,13,14,15);6H,2-5H2,1H3/t8-;/m1./s1. The van der Waals surface area contributed by atoms with Gasteiger partial charge in [-0.05, 0) is 6.92 Å². The first kappa shape index (κ1) is 27.6. The first-order valence-electron chi connectivity index (χ1n) is 11.0. The van der Waals surface area contributed by atoms with Gasteiger partial charge in [-0.2, -0.15) is 4.98 Å². The van der Waals surface area contributed by atoms with Crippen LogP contribution in [-0.4, -0.2) is 105 Å². The van der Waals surface area contributed by atoms with Gasteiger partial charge in [-0.15, -0.1) is 0 Å². The van der Waals surface area contributed by atoms with Crippen LogP contribution in [0.2, 0.25) is 10.3 Å². The molecule has 1 atom stereocenters. The predicted molar refractivity (Wildman–Crippen MR) is 133 cm³/mol. The summed E-state index contributed by atoms with van der Waals surface area (Å²) in [6.45, 7) is 7.35. The molecule has 2 aromatic rings. The van der Waals surface area contributed by atoms with Crippen molar-refractivity contribution >= 4 is 50.6 Å². The number of sulfone groups is 1. The van der Waals surface area contributed by atoms with Crippen LogP contribution in [0.4, 0.5) is 17.6 Å². The van der Waals surface area contributed by atoms with Crippen molar-refractivity contribution in [1.29, 1.82) is 0 Å². The molecule has 0 unspecified atom stereocenters. The van der Waals surface area contributed by atoms with Gasteiger partial charge < -0.3 is 29.7 Å². The minimum Gasteiger partial charge on any atom is -0.394 e. The van der Waals surface area contributed by atoms with Crippen LogP contribution in [0.3, 0.4) is 0 Å². The molecule has 12 nitrogen and oxygen atoms in total. The fourth-order valence-electron chi connectivity index (χ4n) is 3.20. The minimum atomic E-state index is -3.45. The van der Waals surface area contributed by atoms with E-state index in [0.29, 0.717) is 56.4 Å². The molecule has 0 saturated carbocycles. The summed E-state index contributed by atoms with van der Waals surface area (Å²) in [5, 5.41) is 12.3. The molecule has 0 spiro atoms. The number of rotatable bonds is 6. The second-order valence-electron chi connectivity index (χ2n) is 7.90. The molecule has 0 aliphatic carbocycles. The van der Waals surface area contributed by atoms with Gasteiger partial charge in [-0.3, -0.25) is 0 Å². The van der Waals surface area contributed by atoms with Crippen molar-refractivity contribution in [2.75, 3.05) is 80.6 Å². The van der Waals surface area contributed by atoms with E-state index in [0.717, 1.165) is 25.2 Å². The van der Waals surface area contributed by atoms with Gasteiger partial charge in [0.25, 0.3) is 0 Å². The smallest absolute Gasteiger partial charge is 0.250 e. The Morgan fingerprint density at radius 1 is 0.943 bits per heavy atom. The van der Waals surface area contributed by atoms with Crippen molar-refractivity contribution in [1.82, 2.24) is 19.9 Å². The third kappa shape index (κ3) is 8.54. The Morgan fingerprint density at radius 3 is 1.91 bits per heavy atom. The number of halogens is 2. The van der Waals surface area contributed by atoms with Crippen LogP contribution in [0.1, 0.15) is 6.92 Å². The summed E-state index contributed by atoms with van der Waals surface area (Å²) >= 11 is 11.8. The van der Waals surface area contributed by atoms with Crippen molar-refractivity contribution in [2.24, 2.45) is 0 Å². The Hall–Kier alpha value is -2.03. The molecule has 2 aliphatic heterocycles. The molecule has 0 aromatic carbocycles. The number of aromatic nitrogens is 4. The normalized spacial score (nSPS) is 17.4. The molecule has 2 aliphatic rings. The summed E-state index contributed by atoms with van der Waals surface area (Å²) in [7, 11) is -3.45. The van der Waals surface area contributed by atoms with E-state index < -0.39 is 9.84 Å². The summed E-state index contributed by atoms with van der Waals surface area (Å²) in [5.74, 6) is 1.74. The molecule has 35 heavy (non-hydrogen) atoms. The van der Waals surface area contributed by atoms with Crippen LogP contribution in [0, 0.1) is 0 Å². The molecule has 2 saturated heterocycles. The Bertz CT molecular complexity index is 1080. The Balaban J connectivity index is 0.000000196. The highest BCUT2D eigenvalue weighted by molar-refractivity contribution is 7.90. The topological polar surface area (TPSA) is 143 Å². The van der Waals surface area contributed by atoms with E-state index in [9.17, 15) is 8.42 Å². The number of nitrogens with zero attached hydrogens (tertiary/aromatic N) is 6. The summed E-state index contributed by atoms with van der Waals surface area (Å²) in [6, 6.07) is 3.18. The summed E-state index contributed by atoms with van der Waals surface area (Å²) < 4.78 is 33.3. The third-order valence-electron chi connectivity index (χ3n) is 4.99. The largest absolute Gasteiger partial charge is 0.394 e. The monoisotopic (exact) mass is 549 g/mol. The number of nitrogens with one attached hydrogen (secondary N) is 1. The molecule has 4 heterocycles. The highest BCUT2D eigenvalue weighted by Gasteiger charge is 2.19. The lowest BCUT2D eigenvalue weighted by Gasteiger charge is -2.28. The molecule has 194 valence electrons. The van der Waals surface area contributed by atoms with Crippen LogP contribution in [-0.2, 0) is 19.3 Å². The maximum absolute atomic E-state index is 11.4. The Labute approximate surface area is 214 Å². The molecular weight excluding hydrogens is 521 g/mol. The van der Waals surface area contributed by atoms with E-state index in [4.69, 9.17) is 37.8 Å². The van der Waals surface area contributed by atoms with E-state index in [1.54, 1.807) is 12.1 Å². The number of hydrogen-bond donors (Lipinski definition) is 2. The predicted octanol–water partition coefficient (Wildman–Crippen LogP) is 1.13. The van der Waals surface area contributed by atoms with E-state index in [2.05, 4.69) is 30.2 Å². The van der Waals surface area contributed by atoms with Crippen LogP contribution >= 0.6 is 23.2 Å². The molecule has 15 heteroatoms. The molecule has 2 fully saturated rings. The minimum absolute atomic E-state index is 0.0166. The Kier molecular flexibility index (Phi) is 10.1. The highest BCUT2D eigenvalue weighted by Crippen LogP contribution is 2.20. The van der Waals surface area contributed by atoms with Gasteiger partial charge in [0.2, 0.25) is 20.9 Å². The SMILES string of the molecule is CS(=O)(=O)c1nc(Cl)cc(N2CCOCC2)n1.C[C@H](CO)Nc1nc(Cl)cc(N2CCOCC2)n1. The van der Waals surface area contributed by atoms with E-state index in [1.807, 2.05) is 11.8 Å². The second-order valence-corrected chi connectivity index (χ2v) is 10.6. The van der Waals surface area contributed by atoms with Crippen molar-refractivity contribution in [3.63, 3.8) is 0 Å². The van der Waals surface area contributed by atoms with Gasteiger partial charge in [0, 0.05) is 50.6 Å². The average Bonchev–Trinajstić information content (AvgIpc) is 2.84. The van der Waals surface area contributed by atoms with Crippen molar-refractivity contribution < 1.29 is 23.0 Å². The molecule has 0 radical (unpaired) electrons. The quantitative estimate of drug-likeness (QED) is 0.393. The van der Waals surface area contributed by atoms with Crippen LogP contribution in [0.5, 0.6) is 0 Å². The summed E-state index contributed by atoms with van der Waals surface area (Å²) in [4.78, 5) is 20.2. The summed E-state index contributed by atoms with van der Waals surface area (Å²) in [5.41, 5.74) is 0. The zero-order chi connectivity index (χ0) is 25.4. The Morgan fingerprint density at radius 2 is 1.43 bits per heavy atom. The highest BCUT2D eigenvalue weighted by atomic mass is 35.5. The van der Waals surface area contributed by atoms with E-state index >= 15 is 0 Å². The lowest BCUT2D eigenvalue weighted by atomic mass is 10.4. The van der Waals surface area contributed by atoms with Gasteiger partial charge in [0.1, 0.15) is 21.9 Å². The van der Waals surface area contributed by atoms with E-state index in [-0.39, 0.29) is 23.0 Å². The molecule has 2 aromatic heterocycles. The maximum atomic E-state index is 11.4. The average molecular weight is 550 g/mol. The van der Waals surface area contributed by atoms with Crippen LogP contribution in [0.15, 0.2) is 17.3 Å². The van der Waals surface area contributed by atoms with Gasteiger partial charge in [-0.1, -0.05) is 23.2 Å². The number of anilines is 3. The molecule has 0 amide bonds. The fraction of sp³-hybridized carbons (Fsp3) is 0.600. The number of ether oxygens (including phenoxy) is 2. The van der Waals surface area contributed by atoms with Crippen LogP contribution < -0.4 is 15.1 Å². The van der Waals surface area contributed by atoms with Gasteiger partial charge >= 0.3 is 0 Å². The van der Waals surface area contributed by atoms with Crippen LogP contribution in [0.25, 0.3) is 0 Å². The van der Waals surface area contributed by atoms with E-state index in [1.165, 1.54) is 0 Å².